The molecule has 3 heterocycles. The Morgan fingerprint density at radius 2 is 1.83 bits per heavy atom. The molecule has 0 aliphatic heterocycles. The number of imidazole rings is 1. The number of aromatic nitrogens is 4. The molecule has 2 aromatic carbocycles. The van der Waals surface area contributed by atoms with E-state index >= 15 is 0 Å². The normalized spacial score (nSPS) is 10.8. The van der Waals surface area contributed by atoms with Crippen molar-refractivity contribution in [2.24, 2.45) is 0 Å². The highest BCUT2D eigenvalue weighted by Crippen LogP contribution is 2.35. The number of nitrogens with zero attached hydrogens (tertiary/aromatic N) is 5. The standard InChI is InChI=1S/C26H18Cl2FN7/c27-22-8-17(4-5-24(22)29)35-25-16(10-30)11-33-26-21(25)7-19(9-23(26)28)32-12-20-14-36(15-34-20)13-18-3-1-2-6-31-18/h1-9,11,14-15,32H,12-13H2,(H,33,35). The first-order chi connectivity index (χ1) is 17.5. The molecule has 0 unspecified atom stereocenters. The molecule has 0 saturated carbocycles. The molecular weight excluding hydrogens is 500 g/mol. The van der Waals surface area contributed by atoms with Crippen molar-refractivity contribution in [2.75, 3.05) is 10.6 Å². The Kier molecular flexibility index (Phi) is 6.67. The predicted molar refractivity (Wildman–Crippen MR) is 139 cm³/mol. The molecule has 178 valence electrons. The summed E-state index contributed by atoms with van der Waals surface area (Å²) in [5.74, 6) is -0.528. The molecule has 5 rings (SSSR count). The fourth-order valence-electron chi connectivity index (χ4n) is 3.75. The molecule has 0 atom stereocenters. The van der Waals surface area contributed by atoms with Crippen LogP contribution in [-0.2, 0) is 13.1 Å². The van der Waals surface area contributed by atoms with E-state index in [2.05, 4.69) is 31.7 Å². The van der Waals surface area contributed by atoms with Crippen LogP contribution in [0.15, 0.2) is 73.4 Å². The average Bonchev–Trinajstić information content (AvgIpc) is 3.33. The van der Waals surface area contributed by atoms with E-state index in [1.807, 2.05) is 35.0 Å². The monoisotopic (exact) mass is 517 g/mol. The van der Waals surface area contributed by atoms with Gasteiger partial charge in [-0.2, -0.15) is 5.26 Å². The van der Waals surface area contributed by atoms with Crippen LogP contribution in [0.2, 0.25) is 10.0 Å². The summed E-state index contributed by atoms with van der Waals surface area (Å²) in [5, 5.41) is 17.2. The number of pyridine rings is 2. The van der Waals surface area contributed by atoms with E-state index in [9.17, 15) is 9.65 Å². The SMILES string of the molecule is N#Cc1cnc2c(Cl)cc(NCc3cn(Cc4ccccn4)cn3)cc2c1Nc1ccc(F)c(Cl)c1. The molecule has 3 aromatic heterocycles. The lowest BCUT2D eigenvalue weighted by Crippen LogP contribution is -2.02. The minimum absolute atomic E-state index is 0.0280. The van der Waals surface area contributed by atoms with Gasteiger partial charge in [-0.05, 0) is 42.5 Å². The minimum atomic E-state index is -0.528. The zero-order chi connectivity index (χ0) is 25.1. The van der Waals surface area contributed by atoms with Crippen molar-refractivity contribution in [1.29, 1.82) is 5.26 Å². The summed E-state index contributed by atoms with van der Waals surface area (Å²) in [6, 6.07) is 15.8. The molecular formula is C26H18Cl2FN7. The molecule has 0 amide bonds. The quantitative estimate of drug-likeness (QED) is 0.254. The first-order valence-electron chi connectivity index (χ1n) is 10.9. The highest BCUT2D eigenvalue weighted by molar-refractivity contribution is 6.36. The van der Waals surface area contributed by atoms with E-state index in [1.54, 1.807) is 24.7 Å². The Morgan fingerprint density at radius 3 is 2.61 bits per heavy atom. The summed E-state index contributed by atoms with van der Waals surface area (Å²) in [6.45, 7) is 1.08. The van der Waals surface area contributed by atoms with Crippen LogP contribution in [0.5, 0.6) is 0 Å². The largest absolute Gasteiger partial charge is 0.379 e. The van der Waals surface area contributed by atoms with Crippen LogP contribution < -0.4 is 10.6 Å². The number of halogens is 3. The third kappa shape index (κ3) is 5.08. The van der Waals surface area contributed by atoms with Gasteiger partial charge in [-0.25, -0.2) is 9.37 Å². The van der Waals surface area contributed by atoms with Gasteiger partial charge in [0.25, 0.3) is 0 Å². The van der Waals surface area contributed by atoms with Crippen LogP contribution in [0.3, 0.4) is 0 Å². The maximum absolute atomic E-state index is 13.6. The van der Waals surface area contributed by atoms with Crippen molar-refractivity contribution in [1.82, 2.24) is 19.5 Å². The topological polar surface area (TPSA) is 91.5 Å². The minimum Gasteiger partial charge on any atom is -0.379 e. The maximum atomic E-state index is 13.6. The van der Waals surface area contributed by atoms with Crippen molar-refractivity contribution in [3.05, 3.63) is 106 Å². The molecule has 0 aliphatic carbocycles. The van der Waals surface area contributed by atoms with Gasteiger partial charge in [0.2, 0.25) is 0 Å². The highest BCUT2D eigenvalue weighted by atomic mass is 35.5. The third-order valence-electron chi connectivity index (χ3n) is 5.47. The molecule has 5 aromatic rings. The molecule has 0 radical (unpaired) electrons. The van der Waals surface area contributed by atoms with E-state index in [4.69, 9.17) is 23.2 Å². The molecule has 0 spiro atoms. The number of anilines is 3. The summed E-state index contributed by atoms with van der Waals surface area (Å²) in [6.07, 6.45) is 6.92. The van der Waals surface area contributed by atoms with Crippen molar-refractivity contribution < 1.29 is 4.39 Å². The lowest BCUT2D eigenvalue weighted by Gasteiger charge is -2.14. The van der Waals surface area contributed by atoms with Gasteiger partial charge in [0.05, 0.1) is 57.6 Å². The van der Waals surface area contributed by atoms with Crippen LogP contribution in [0.4, 0.5) is 21.5 Å². The van der Waals surface area contributed by atoms with Gasteiger partial charge in [0.15, 0.2) is 0 Å². The van der Waals surface area contributed by atoms with Crippen molar-refractivity contribution in [3.63, 3.8) is 0 Å². The second kappa shape index (κ2) is 10.2. The molecule has 0 fully saturated rings. The number of hydrogen-bond donors (Lipinski definition) is 2. The van der Waals surface area contributed by atoms with Crippen molar-refractivity contribution >= 4 is 51.2 Å². The number of nitriles is 1. The lowest BCUT2D eigenvalue weighted by atomic mass is 10.1. The average molecular weight is 518 g/mol. The van der Waals surface area contributed by atoms with E-state index in [-0.39, 0.29) is 5.02 Å². The smallest absolute Gasteiger partial charge is 0.141 e. The molecule has 0 saturated heterocycles. The van der Waals surface area contributed by atoms with Crippen LogP contribution in [-0.4, -0.2) is 19.5 Å². The summed E-state index contributed by atoms with van der Waals surface area (Å²) in [4.78, 5) is 13.2. The number of nitrogens with one attached hydrogen (secondary N) is 2. The number of hydrogen-bond acceptors (Lipinski definition) is 6. The van der Waals surface area contributed by atoms with E-state index in [0.29, 0.717) is 46.0 Å². The zero-order valence-corrected chi connectivity index (χ0v) is 20.2. The summed E-state index contributed by atoms with van der Waals surface area (Å²) < 4.78 is 15.6. The maximum Gasteiger partial charge on any atom is 0.141 e. The molecule has 7 nitrogen and oxygen atoms in total. The van der Waals surface area contributed by atoms with Gasteiger partial charge >= 0.3 is 0 Å². The van der Waals surface area contributed by atoms with Gasteiger partial charge in [-0.1, -0.05) is 29.3 Å². The molecule has 2 N–H and O–H groups in total. The Balaban J connectivity index is 1.41. The van der Waals surface area contributed by atoms with E-state index < -0.39 is 5.82 Å². The Bertz CT molecular complexity index is 1600. The summed E-state index contributed by atoms with van der Waals surface area (Å²) in [5.41, 5.74) is 4.36. The highest BCUT2D eigenvalue weighted by Gasteiger charge is 2.14. The molecule has 0 bridgehead atoms. The molecule has 36 heavy (non-hydrogen) atoms. The Hall–Kier alpha value is -4.19. The van der Waals surface area contributed by atoms with Crippen LogP contribution in [0, 0.1) is 17.1 Å². The Labute approximate surface area is 216 Å². The number of rotatable bonds is 7. The third-order valence-corrected chi connectivity index (χ3v) is 6.04. The fraction of sp³-hybridized carbons (Fsp3) is 0.0769. The lowest BCUT2D eigenvalue weighted by molar-refractivity contribution is 0.628. The first-order valence-corrected chi connectivity index (χ1v) is 11.6. The van der Waals surface area contributed by atoms with Crippen molar-refractivity contribution in [2.45, 2.75) is 13.1 Å². The van der Waals surface area contributed by atoms with Crippen LogP contribution in [0.1, 0.15) is 17.0 Å². The van der Waals surface area contributed by atoms with Crippen molar-refractivity contribution in [3.8, 4) is 6.07 Å². The van der Waals surface area contributed by atoms with Crippen LogP contribution in [0.25, 0.3) is 10.9 Å². The van der Waals surface area contributed by atoms with E-state index in [1.165, 1.54) is 18.3 Å². The van der Waals surface area contributed by atoms with Gasteiger partial charge in [-0.3, -0.25) is 9.97 Å². The van der Waals surface area contributed by atoms with Gasteiger partial charge in [0, 0.05) is 35.4 Å². The van der Waals surface area contributed by atoms with Crippen LogP contribution >= 0.6 is 23.2 Å². The van der Waals surface area contributed by atoms with Gasteiger partial charge < -0.3 is 15.2 Å². The zero-order valence-electron chi connectivity index (χ0n) is 18.7. The fourth-order valence-corrected chi connectivity index (χ4v) is 4.20. The summed E-state index contributed by atoms with van der Waals surface area (Å²) in [7, 11) is 0. The Morgan fingerprint density at radius 1 is 0.972 bits per heavy atom. The van der Waals surface area contributed by atoms with Gasteiger partial charge in [-0.15, -0.1) is 0 Å². The first kappa shape index (κ1) is 23.5. The number of fused-ring (bicyclic) bond motifs is 1. The van der Waals surface area contributed by atoms with E-state index in [0.717, 1.165) is 17.1 Å². The molecule has 10 heteroatoms. The van der Waals surface area contributed by atoms with Gasteiger partial charge in [0.1, 0.15) is 11.9 Å². The molecule has 0 aliphatic rings. The second-order valence-electron chi connectivity index (χ2n) is 7.98. The summed E-state index contributed by atoms with van der Waals surface area (Å²) >= 11 is 12.5. The second-order valence-corrected chi connectivity index (χ2v) is 8.79. The number of benzene rings is 2. The predicted octanol–water partition coefficient (Wildman–Crippen LogP) is 6.55.